The average Bonchev–Trinajstić information content (AvgIpc) is 3.04. The molecule has 0 atom stereocenters. The Kier molecular flexibility index (Phi) is 5.98. The quantitative estimate of drug-likeness (QED) is 0.688. The van der Waals surface area contributed by atoms with E-state index in [-0.39, 0.29) is 11.7 Å². The summed E-state index contributed by atoms with van der Waals surface area (Å²) < 4.78 is 13.6. The van der Waals surface area contributed by atoms with E-state index >= 15 is 0 Å². The van der Waals surface area contributed by atoms with Gasteiger partial charge in [0.25, 0.3) is 5.91 Å². The first-order valence-electron chi connectivity index (χ1n) is 11.2. The SMILES string of the molecule is O=C1C2=C(CCN(Cc3cccc(F)c3)C2)N2CCCCN=C2N1Cc1ccc(Cl)cc1. The molecule has 0 aromatic heterocycles. The molecule has 3 aliphatic rings. The van der Waals surface area contributed by atoms with Crippen LogP contribution in [0.4, 0.5) is 4.39 Å². The zero-order valence-electron chi connectivity index (χ0n) is 17.9. The van der Waals surface area contributed by atoms with Crippen LogP contribution in [0.3, 0.4) is 0 Å². The molecule has 2 aromatic rings. The number of hydrogen-bond acceptors (Lipinski definition) is 4. The second-order valence-electron chi connectivity index (χ2n) is 8.57. The highest BCUT2D eigenvalue weighted by Gasteiger charge is 2.39. The summed E-state index contributed by atoms with van der Waals surface area (Å²) >= 11 is 6.05. The highest BCUT2D eigenvalue weighted by molar-refractivity contribution is 6.30. The minimum Gasteiger partial charge on any atom is -0.315 e. The highest BCUT2D eigenvalue weighted by Crippen LogP contribution is 2.32. The van der Waals surface area contributed by atoms with Gasteiger partial charge in [-0.05, 0) is 48.2 Å². The molecule has 2 aromatic carbocycles. The summed E-state index contributed by atoms with van der Waals surface area (Å²) in [4.78, 5) is 24.8. The summed E-state index contributed by atoms with van der Waals surface area (Å²) in [5.41, 5.74) is 3.89. The van der Waals surface area contributed by atoms with Gasteiger partial charge in [0.05, 0.1) is 12.1 Å². The maximum atomic E-state index is 13.7. The lowest BCUT2D eigenvalue weighted by Crippen LogP contribution is -2.55. The van der Waals surface area contributed by atoms with Gasteiger partial charge in [0.15, 0.2) is 0 Å². The van der Waals surface area contributed by atoms with Crippen molar-refractivity contribution >= 4 is 23.5 Å². The Hall–Kier alpha value is -2.70. The van der Waals surface area contributed by atoms with E-state index in [1.807, 2.05) is 35.2 Å². The number of carbonyl (C=O) groups is 1. The number of nitrogens with zero attached hydrogens (tertiary/aromatic N) is 4. The minimum absolute atomic E-state index is 0.0239. The fourth-order valence-corrected chi connectivity index (χ4v) is 4.85. The second kappa shape index (κ2) is 9.04. The van der Waals surface area contributed by atoms with E-state index in [1.165, 1.54) is 6.07 Å². The Morgan fingerprint density at radius 1 is 1.00 bits per heavy atom. The molecule has 0 saturated heterocycles. The van der Waals surface area contributed by atoms with Gasteiger partial charge in [-0.25, -0.2) is 4.39 Å². The van der Waals surface area contributed by atoms with E-state index in [9.17, 15) is 9.18 Å². The first kappa shape index (κ1) is 21.2. The van der Waals surface area contributed by atoms with Crippen molar-refractivity contribution in [2.75, 3.05) is 26.2 Å². The van der Waals surface area contributed by atoms with Crippen LogP contribution in [0.2, 0.25) is 5.02 Å². The number of halogens is 2. The van der Waals surface area contributed by atoms with Gasteiger partial charge in [0.1, 0.15) is 5.82 Å². The predicted molar refractivity (Wildman–Crippen MR) is 124 cm³/mol. The lowest BCUT2D eigenvalue weighted by Gasteiger charge is -2.43. The fourth-order valence-electron chi connectivity index (χ4n) is 4.73. The van der Waals surface area contributed by atoms with Crippen molar-refractivity contribution in [1.29, 1.82) is 0 Å². The number of amides is 1. The number of hydrogen-bond donors (Lipinski definition) is 0. The standard InChI is InChI=1S/C25H26ClFN4O/c26-20-8-6-18(7-9-20)16-31-24(32)22-17-29(15-19-4-3-5-21(27)14-19)13-10-23(22)30-12-2-1-11-28-25(30)31/h3-9,14H,1-2,10-13,15-17H2. The molecule has 5 nitrogen and oxygen atoms in total. The first-order chi connectivity index (χ1) is 15.6. The van der Waals surface area contributed by atoms with E-state index in [2.05, 4.69) is 9.80 Å². The average molecular weight is 453 g/mol. The van der Waals surface area contributed by atoms with E-state index in [0.29, 0.717) is 24.7 Å². The molecule has 166 valence electrons. The number of benzene rings is 2. The monoisotopic (exact) mass is 452 g/mol. The molecule has 1 amide bonds. The van der Waals surface area contributed by atoms with Crippen LogP contribution in [-0.4, -0.2) is 52.7 Å². The van der Waals surface area contributed by atoms with Gasteiger partial charge in [-0.1, -0.05) is 35.9 Å². The Labute approximate surface area is 192 Å². The predicted octanol–water partition coefficient (Wildman–Crippen LogP) is 4.43. The van der Waals surface area contributed by atoms with Crippen molar-refractivity contribution in [3.8, 4) is 0 Å². The highest BCUT2D eigenvalue weighted by atomic mass is 35.5. The van der Waals surface area contributed by atoms with Crippen LogP contribution < -0.4 is 0 Å². The number of carbonyl (C=O) groups excluding carboxylic acids is 1. The number of aliphatic imine (C=N–C) groups is 1. The summed E-state index contributed by atoms with van der Waals surface area (Å²) in [6, 6.07) is 14.3. The van der Waals surface area contributed by atoms with Gasteiger partial charge in [-0.15, -0.1) is 0 Å². The molecule has 3 aliphatic heterocycles. The molecule has 0 unspecified atom stereocenters. The molecule has 0 N–H and O–H groups in total. The van der Waals surface area contributed by atoms with Crippen molar-refractivity contribution in [3.63, 3.8) is 0 Å². The Balaban J connectivity index is 1.43. The molecule has 32 heavy (non-hydrogen) atoms. The molecule has 0 radical (unpaired) electrons. The molecule has 0 aliphatic carbocycles. The second-order valence-corrected chi connectivity index (χ2v) is 9.01. The first-order valence-corrected chi connectivity index (χ1v) is 11.5. The Morgan fingerprint density at radius 2 is 1.84 bits per heavy atom. The lowest BCUT2D eigenvalue weighted by atomic mass is 9.99. The molecule has 5 rings (SSSR count). The van der Waals surface area contributed by atoms with E-state index in [0.717, 1.165) is 67.3 Å². The largest absolute Gasteiger partial charge is 0.315 e. The maximum absolute atomic E-state index is 13.7. The Bertz CT molecular complexity index is 1080. The molecule has 0 spiro atoms. The molecule has 0 saturated carbocycles. The van der Waals surface area contributed by atoms with Crippen LogP contribution in [0.5, 0.6) is 0 Å². The van der Waals surface area contributed by atoms with Crippen molar-refractivity contribution < 1.29 is 9.18 Å². The summed E-state index contributed by atoms with van der Waals surface area (Å²) in [6.45, 7) is 4.11. The van der Waals surface area contributed by atoms with Crippen LogP contribution in [0.1, 0.15) is 30.4 Å². The van der Waals surface area contributed by atoms with Gasteiger partial charge in [-0.2, -0.15) is 0 Å². The van der Waals surface area contributed by atoms with Crippen LogP contribution in [-0.2, 0) is 17.9 Å². The maximum Gasteiger partial charge on any atom is 0.259 e. The zero-order valence-corrected chi connectivity index (χ0v) is 18.7. The summed E-state index contributed by atoms with van der Waals surface area (Å²) in [5, 5.41) is 0.678. The van der Waals surface area contributed by atoms with Crippen LogP contribution in [0.15, 0.2) is 64.8 Å². The van der Waals surface area contributed by atoms with Crippen LogP contribution in [0.25, 0.3) is 0 Å². The smallest absolute Gasteiger partial charge is 0.259 e. The van der Waals surface area contributed by atoms with Crippen molar-refractivity contribution in [3.05, 3.63) is 81.8 Å². The zero-order chi connectivity index (χ0) is 22.1. The molecule has 7 heteroatoms. The Morgan fingerprint density at radius 3 is 2.66 bits per heavy atom. The van der Waals surface area contributed by atoms with Gasteiger partial charge in [-0.3, -0.25) is 19.6 Å². The van der Waals surface area contributed by atoms with Gasteiger partial charge in [0, 0.05) is 49.9 Å². The summed E-state index contributed by atoms with van der Waals surface area (Å²) in [7, 11) is 0. The normalized spacial score (nSPS) is 19.4. The van der Waals surface area contributed by atoms with Crippen LogP contribution in [0, 0.1) is 5.82 Å². The molecule has 0 bridgehead atoms. The fraction of sp³-hybridized carbons (Fsp3) is 0.360. The summed E-state index contributed by atoms with van der Waals surface area (Å²) in [6.07, 6.45) is 2.88. The van der Waals surface area contributed by atoms with Crippen molar-refractivity contribution in [1.82, 2.24) is 14.7 Å². The number of fused-ring (bicyclic) bond motifs is 2. The van der Waals surface area contributed by atoms with E-state index in [1.54, 1.807) is 12.1 Å². The van der Waals surface area contributed by atoms with Gasteiger partial charge >= 0.3 is 0 Å². The van der Waals surface area contributed by atoms with E-state index < -0.39 is 0 Å². The third-order valence-electron chi connectivity index (χ3n) is 6.30. The van der Waals surface area contributed by atoms with Crippen molar-refractivity contribution in [2.45, 2.75) is 32.4 Å². The van der Waals surface area contributed by atoms with Gasteiger partial charge in [0.2, 0.25) is 5.96 Å². The van der Waals surface area contributed by atoms with Gasteiger partial charge < -0.3 is 4.90 Å². The topological polar surface area (TPSA) is 39.2 Å². The lowest BCUT2D eigenvalue weighted by molar-refractivity contribution is -0.125. The summed E-state index contributed by atoms with van der Waals surface area (Å²) in [5.74, 6) is 0.572. The molecular formula is C25H26ClFN4O. The third kappa shape index (κ3) is 4.30. The number of rotatable bonds is 4. The third-order valence-corrected chi connectivity index (χ3v) is 6.55. The minimum atomic E-state index is -0.229. The molecular weight excluding hydrogens is 427 g/mol. The molecule has 0 fully saturated rings. The van der Waals surface area contributed by atoms with E-state index in [4.69, 9.17) is 16.6 Å². The van der Waals surface area contributed by atoms with Crippen molar-refractivity contribution in [2.24, 2.45) is 4.99 Å². The molecule has 3 heterocycles. The number of guanidine groups is 1. The van der Waals surface area contributed by atoms with Crippen LogP contribution >= 0.6 is 11.6 Å².